The van der Waals surface area contributed by atoms with Gasteiger partial charge in [0.05, 0.1) is 0 Å². The van der Waals surface area contributed by atoms with Crippen molar-refractivity contribution in [1.82, 2.24) is 0 Å². The molecular weight excluding hydrogens is 132 g/mol. The number of hydrogen-bond donors (Lipinski definition) is 0. The summed E-state index contributed by atoms with van der Waals surface area (Å²) in [6.45, 7) is 10.4. The standard InChI is InChI=1S/C11H20/c1-5-8-9-11(7-3)10(4)6-2/h5H,1,6-9H2,2-4H3. The molecule has 0 aromatic carbocycles. The van der Waals surface area contributed by atoms with Gasteiger partial charge in [-0.15, -0.1) is 6.58 Å². The van der Waals surface area contributed by atoms with Gasteiger partial charge in [-0.3, -0.25) is 0 Å². The Hall–Kier alpha value is -0.520. The first kappa shape index (κ1) is 10.5. The van der Waals surface area contributed by atoms with Crippen LogP contribution >= 0.6 is 0 Å². The third-order valence-corrected chi connectivity index (χ3v) is 2.21. The van der Waals surface area contributed by atoms with Crippen LogP contribution in [0.4, 0.5) is 0 Å². The Morgan fingerprint density at radius 2 is 1.91 bits per heavy atom. The van der Waals surface area contributed by atoms with Gasteiger partial charge in [-0.1, -0.05) is 31.1 Å². The van der Waals surface area contributed by atoms with Crippen LogP contribution in [0.1, 0.15) is 46.5 Å². The van der Waals surface area contributed by atoms with Gasteiger partial charge in [0.1, 0.15) is 0 Å². The number of rotatable bonds is 5. The van der Waals surface area contributed by atoms with E-state index in [-0.39, 0.29) is 0 Å². The first-order valence-electron chi connectivity index (χ1n) is 4.54. The molecule has 0 heteroatoms. The molecule has 0 aliphatic rings. The fraction of sp³-hybridized carbons (Fsp3) is 0.636. The summed E-state index contributed by atoms with van der Waals surface area (Å²) < 4.78 is 0. The predicted octanol–water partition coefficient (Wildman–Crippen LogP) is 4.09. The molecule has 0 spiro atoms. The molecule has 0 saturated heterocycles. The second-order valence-corrected chi connectivity index (χ2v) is 2.92. The predicted molar refractivity (Wildman–Crippen MR) is 52.7 cm³/mol. The molecule has 0 amide bonds. The highest BCUT2D eigenvalue weighted by molar-refractivity contribution is 5.11. The largest absolute Gasteiger partial charge is 0.103 e. The fourth-order valence-electron chi connectivity index (χ4n) is 1.22. The highest BCUT2D eigenvalue weighted by Crippen LogP contribution is 2.16. The molecule has 0 rings (SSSR count). The lowest BCUT2D eigenvalue weighted by molar-refractivity contribution is 0.865. The number of allylic oxidation sites excluding steroid dienone is 3. The summed E-state index contributed by atoms with van der Waals surface area (Å²) in [4.78, 5) is 0. The third kappa shape index (κ3) is 4.02. The molecule has 0 radical (unpaired) electrons. The van der Waals surface area contributed by atoms with Crippen LogP contribution in [-0.2, 0) is 0 Å². The van der Waals surface area contributed by atoms with Crippen LogP contribution in [-0.4, -0.2) is 0 Å². The molecule has 0 aromatic rings. The summed E-state index contributed by atoms with van der Waals surface area (Å²) in [5.41, 5.74) is 3.18. The highest BCUT2D eigenvalue weighted by Gasteiger charge is 1.96. The van der Waals surface area contributed by atoms with Crippen LogP contribution in [0, 0.1) is 0 Å². The normalized spacial score (nSPS) is 12.6. The Kier molecular flexibility index (Phi) is 5.91. The van der Waals surface area contributed by atoms with Crippen LogP contribution in [0.3, 0.4) is 0 Å². The molecule has 0 aromatic heterocycles. The first-order valence-corrected chi connectivity index (χ1v) is 4.54. The molecule has 0 N–H and O–H groups in total. The molecule has 0 nitrogen and oxygen atoms in total. The Morgan fingerprint density at radius 1 is 1.27 bits per heavy atom. The van der Waals surface area contributed by atoms with Crippen molar-refractivity contribution in [2.45, 2.75) is 46.5 Å². The van der Waals surface area contributed by atoms with Gasteiger partial charge in [-0.05, 0) is 32.6 Å². The zero-order valence-corrected chi connectivity index (χ0v) is 8.11. The Bertz CT molecular complexity index is 140. The number of hydrogen-bond acceptors (Lipinski definition) is 0. The van der Waals surface area contributed by atoms with E-state index < -0.39 is 0 Å². The van der Waals surface area contributed by atoms with Gasteiger partial charge in [0.15, 0.2) is 0 Å². The summed E-state index contributed by atoms with van der Waals surface area (Å²) >= 11 is 0. The van der Waals surface area contributed by atoms with Crippen LogP contribution in [0.2, 0.25) is 0 Å². The minimum absolute atomic E-state index is 1.13. The van der Waals surface area contributed by atoms with Crippen LogP contribution < -0.4 is 0 Å². The van der Waals surface area contributed by atoms with Gasteiger partial charge in [0, 0.05) is 0 Å². The average molecular weight is 152 g/mol. The highest BCUT2D eigenvalue weighted by atomic mass is 14.0. The quantitative estimate of drug-likeness (QED) is 0.520. The van der Waals surface area contributed by atoms with Crippen molar-refractivity contribution in [2.24, 2.45) is 0 Å². The van der Waals surface area contributed by atoms with E-state index in [4.69, 9.17) is 0 Å². The Balaban J connectivity index is 4.02. The molecule has 0 saturated carbocycles. The van der Waals surface area contributed by atoms with E-state index in [0.29, 0.717) is 0 Å². The second-order valence-electron chi connectivity index (χ2n) is 2.92. The lowest BCUT2D eigenvalue weighted by Gasteiger charge is -2.06. The van der Waals surface area contributed by atoms with E-state index in [1.807, 2.05) is 6.08 Å². The van der Waals surface area contributed by atoms with E-state index in [9.17, 15) is 0 Å². The molecule has 64 valence electrons. The summed E-state index contributed by atoms with van der Waals surface area (Å²) in [6, 6.07) is 0. The molecule has 0 unspecified atom stereocenters. The van der Waals surface area contributed by atoms with E-state index in [1.165, 1.54) is 19.3 Å². The van der Waals surface area contributed by atoms with E-state index in [0.717, 1.165) is 6.42 Å². The van der Waals surface area contributed by atoms with Crippen molar-refractivity contribution in [2.75, 3.05) is 0 Å². The smallest absolute Gasteiger partial charge is 0.0283 e. The lowest BCUT2D eigenvalue weighted by atomic mass is 10.0. The maximum absolute atomic E-state index is 3.73. The van der Waals surface area contributed by atoms with Crippen molar-refractivity contribution in [1.29, 1.82) is 0 Å². The van der Waals surface area contributed by atoms with Gasteiger partial charge in [0.2, 0.25) is 0 Å². The van der Waals surface area contributed by atoms with E-state index >= 15 is 0 Å². The molecule has 0 aliphatic carbocycles. The van der Waals surface area contributed by atoms with Gasteiger partial charge in [0.25, 0.3) is 0 Å². The average Bonchev–Trinajstić information content (AvgIpc) is 2.05. The van der Waals surface area contributed by atoms with Crippen LogP contribution in [0.5, 0.6) is 0 Å². The zero-order valence-electron chi connectivity index (χ0n) is 8.11. The monoisotopic (exact) mass is 152 g/mol. The Morgan fingerprint density at radius 3 is 2.27 bits per heavy atom. The molecule has 0 bridgehead atoms. The summed E-state index contributed by atoms with van der Waals surface area (Å²) in [5, 5.41) is 0. The van der Waals surface area contributed by atoms with Crippen LogP contribution in [0.15, 0.2) is 23.8 Å². The Labute approximate surface area is 71.0 Å². The van der Waals surface area contributed by atoms with E-state index in [2.05, 4.69) is 27.4 Å². The van der Waals surface area contributed by atoms with E-state index in [1.54, 1.807) is 11.1 Å². The topological polar surface area (TPSA) is 0 Å². The van der Waals surface area contributed by atoms with Gasteiger partial charge in [-0.25, -0.2) is 0 Å². The third-order valence-electron chi connectivity index (χ3n) is 2.21. The summed E-state index contributed by atoms with van der Waals surface area (Å²) in [5.74, 6) is 0. The molecule has 0 atom stereocenters. The second kappa shape index (κ2) is 6.21. The molecule has 0 heterocycles. The van der Waals surface area contributed by atoms with Crippen LogP contribution in [0.25, 0.3) is 0 Å². The van der Waals surface area contributed by atoms with Crippen molar-refractivity contribution in [3.8, 4) is 0 Å². The van der Waals surface area contributed by atoms with Crippen molar-refractivity contribution in [3.63, 3.8) is 0 Å². The van der Waals surface area contributed by atoms with Crippen molar-refractivity contribution < 1.29 is 0 Å². The maximum Gasteiger partial charge on any atom is -0.0283 e. The van der Waals surface area contributed by atoms with Gasteiger partial charge in [-0.2, -0.15) is 0 Å². The molecule has 0 aliphatic heterocycles. The molecule has 11 heavy (non-hydrogen) atoms. The lowest BCUT2D eigenvalue weighted by Crippen LogP contribution is -1.86. The minimum Gasteiger partial charge on any atom is -0.103 e. The maximum atomic E-state index is 3.73. The fourth-order valence-corrected chi connectivity index (χ4v) is 1.22. The SMILES string of the molecule is C=CCCC(CC)=C(C)CC. The van der Waals surface area contributed by atoms with Gasteiger partial charge < -0.3 is 0 Å². The van der Waals surface area contributed by atoms with Crippen molar-refractivity contribution in [3.05, 3.63) is 23.8 Å². The zero-order chi connectivity index (χ0) is 8.69. The summed E-state index contributed by atoms with van der Waals surface area (Å²) in [7, 11) is 0. The minimum atomic E-state index is 1.13. The van der Waals surface area contributed by atoms with Gasteiger partial charge >= 0.3 is 0 Å². The first-order chi connectivity index (χ1) is 5.26. The van der Waals surface area contributed by atoms with Crippen molar-refractivity contribution >= 4 is 0 Å². The molecule has 0 fully saturated rings. The molecular formula is C11H20. The summed E-state index contributed by atoms with van der Waals surface area (Å²) in [6.07, 6.45) is 6.73.